The average Bonchev–Trinajstić information content (AvgIpc) is 2.91. The van der Waals surface area contributed by atoms with Crippen molar-refractivity contribution in [2.75, 3.05) is 19.1 Å². The van der Waals surface area contributed by atoms with Gasteiger partial charge in [0.1, 0.15) is 23.5 Å². The fourth-order valence-corrected chi connectivity index (χ4v) is 2.79. The van der Waals surface area contributed by atoms with E-state index in [0.717, 1.165) is 0 Å². The summed E-state index contributed by atoms with van der Waals surface area (Å²) in [5.41, 5.74) is -0.197. The molecule has 24 heavy (non-hydrogen) atoms. The summed E-state index contributed by atoms with van der Waals surface area (Å²) in [5.74, 6) is -0.150. The molecular weight excluding hydrogens is 334 g/mol. The molecule has 0 aliphatic carbocycles. The number of rotatable bonds is 6. The van der Waals surface area contributed by atoms with Crippen molar-refractivity contribution in [2.24, 2.45) is 7.05 Å². The van der Waals surface area contributed by atoms with E-state index in [4.69, 9.17) is 9.15 Å². The molecule has 8 nitrogen and oxygen atoms in total. The number of hydrogen-bond acceptors (Lipinski definition) is 7. The molecule has 0 aromatic carbocycles. The highest BCUT2D eigenvalue weighted by atomic mass is 32.2. The first kappa shape index (κ1) is 18.1. The molecule has 1 N–H and O–H groups in total. The zero-order chi connectivity index (χ0) is 17.9. The molecule has 1 unspecified atom stereocenters. The topological polar surface area (TPSA) is 103 Å². The first-order chi connectivity index (χ1) is 11.4. The number of nitrogens with one attached hydrogen (secondary N) is 1. The average molecular weight is 353 g/mol. The molecule has 2 rings (SSSR count). The van der Waals surface area contributed by atoms with Crippen LogP contribution in [0.1, 0.15) is 22.5 Å². The number of furan rings is 1. The van der Waals surface area contributed by atoms with Crippen molar-refractivity contribution in [3.05, 3.63) is 28.0 Å². The van der Waals surface area contributed by atoms with Gasteiger partial charge < -0.3 is 19.0 Å². The lowest BCUT2D eigenvalue weighted by molar-refractivity contribution is -0.142. The van der Waals surface area contributed by atoms with Gasteiger partial charge in [0, 0.05) is 7.05 Å². The first-order valence-corrected chi connectivity index (χ1v) is 8.62. The maximum Gasteiger partial charge on any atom is 0.328 e. The molecule has 2 heterocycles. The lowest BCUT2D eigenvalue weighted by Gasteiger charge is -2.15. The molecule has 9 heteroatoms. The summed E-state index contributed by atoms with van der Waals surface area (Å²) >= 11 is 1.55. The largest absolute Gasteiger partial charge is 0.467 e. The van der Waals surface area contributed by atoms with Crippen LogP contribution >= 0.6 is 11.8 Å². The number of aromatic nitrogens is 2. The third-order valence-electron chi connectivity index (χ3n) is 3.58. The number of esters is 1. The first-order valence-electron chi connectivity index (χ1n) is 7.23. The maximum absolute atomic E-state index is 12.6. The molecule has 0 spiro atoms. The number of amides is 1. The van der Waals surface area contributed by atoms with Crippen molar-refractivity contribution in [3.8, 4) is 0 Å². The Balaban J connectivity index is 2.40. The summed E-state index contributed by atoms with van der Waals surface area (Å²) in [4.78, 5) is 40.8. The molecule has 2 aromatic heterocycles. The van der Waals surface area contributed by atoms with E-state index in [1.54, 1.807) is 18.7 Å². The highest BCUT2D eigenvalue weighted by Gasteiger charge is 2.27. The minimum Gasteiger partial charge on any atom is -0.467 e. The van der Waals surface area contributed by atoms with Crippen molar-refractivity contribution < 1.29 is 18.7 Å². The van der Waals surface area contributed by atoms with E-state index in [9.17, 15) is 14.4 Å². The van der Waals surface area contributed by atoms with Crippen molar-refractivity contribution in [1.29, 1.82) is 0 Å². The van der Waals surface area contributed by atoms with Gasteiger partial charge in [-0.3, -0.25) is 9.59 Å². The molecule has 1 atom stereocenters. The van der Waals surface area contributed by atoms with E-state index in [1.165, 1.54) is 25.1 Å². The van der Waals surface area contributed by atoms with Crippen molar-refractivity contribution in [2.45, 2.75) is 19.4 Å². The van der Waals surface area contributed by atoms with Crippen LogP contribution in [0.4, 0.5) is 0 Å². The van der Waals surface area contributed by atoms with E-state index in [2.05, 4.69) is 10.3 Å². The zero-order valence-corrected chi connectivity index (χ0v) is 14.7. The van der Waals surface area contributed by atoms with Gasteiger partial charge in [-0.15, -0.1) is 0 Å². The molecule has 0 fully saturated rings. The summed E-state index contributed by atoms with van der Waals surface area (Å²) in [7, 11) is 2.80. The number of methoxy groups -OCH3 is 1. The van der Waals surface area contributed by atoms with E-state index < -0.39 is 17.9 Å². The van der Waals surface area contributed by atoms with Gasteiger partial charge in [0.15, 0.2) is 0 Å². The number of carbonyl (C=O) groups excluding carboxylic acids is 2. The van der Waals surface area contributed by atoms with Crippen LogP contribution in [0.2, 0.25) is 0 Å². The molecule has 0 saturated carbocycles. The number of nitrogens with zero attached hydrogens (tertiary/aromatic N) is 2. The molecule has 2 aromatic rings. The molecule has 130 valence electrons. The number of hydrogen-bond donors (Lipinski definition) is 1. The molecular formula is C15H19N3O5S. The summed E-state index contributed by atoms with van der Waals surface area (Å²) in [6.45, 7) is 1.57. The Labute approximate surface area is 142 Å². The van der Waals surface area contributed by atoms with Crippen LogP contribution in [-0.4, -0.2) is 46.6 Å². The third-order valence-corrected chi connectivity index (χ3v) is 4.22. The van der Waals surface area contributed by atoms with Crippen LogP contribution in [0.3, 0.4) is 0 Å². The zero-order valence-electron chi connectivity index (χ0n) is 13.9. The van der Waals surface area contributed by atoms with Crippen LogP contribution in [0.25, 0.3) is 11.1 Å². The van der Waals surface area contributed by atoms with Crippen molar-refractivity contribution in [1.82, 2.24) is 14.9 Å². The van der Waals surface area contributed by atoms with E-state index in [0.29, 0.717) is 12.2 Å². The molecule has 0 aliphatic rings. The Kier molecular flexibility index (Phi) is 5.66. The SMILES string of the molecule is COC(=O)C(CCSC)NC(=O)c1c(C)oc2ncn(C)c(=O)c12. The van der Waals surface area contributed by atoms with Crippen molar-refractivity contribution in [3.63, 3.8) is 0 Å². The number of ether oxygens (including phenoxy) is 1. The molecule has 0 bridgehead atoms. The predicted molar refractivity (Wildman–Crippen MR) is 90.3 cm³/mol. The van der Waals surface area contributed by atoms with Gasteiger partial charge in [0.25, 0.3) is 11.5 Å². The van der Waals surface area contributed by atoms with Gasteiger partial charge >= 0.3 is 5.97 Å². The van der Waals surface area contributed by atoms with Gasteiger partial charge in [-0.1, -0.05) is 0 Å². The lowest BCUT2D eigenvalue weighted by atomic mass is 10.1. The van der Waals surface area contributed by atoms with Crippen LogP contribution in [0.15, 0.2) is 15.5 Å². The monoisotopic (exact) mass is 353 g/mol. The fourth-order valence-electron chi connectivity index (χ4n) is 2.32. The minimum atomic E-state index is -0.792. The Morgan fingerprint density at radius 3 is 2.83 bits per heavy atom. The van der Waals surface area contributed by atoms with E-state index >= 15 is 0 Å². The normalized spacial score (nSPS) is 12.2. The Morgan fingerprint density at radius 2 is 2.21 bits per heavy atom. The Hall–Kier alpha value is -2.29. The Bertz CT molecular complexity index is 826. The Morgan fingerprint density at radius 1 is 1.50 bits per heavy atom. The smallest absolute Gasteiger partial charge is 0.328 e. The van der Waals surface area contributed by atoms with Gasteiger partial charge in [-0.2, -0.15) is 11.8 Å². The van der Waals surface area contributed by atoms with Gasteiger partial charge in [-0.05, 0) is 25.4 Å². The second-order valence-corrected chi connectivity index (χ2v) is 6.19. The van der Waals surface area contributed by atoms with Crippen LogP contribution in [0.5, 0.6) is 0 Å². The van der Waals surface area contributed by atoms with Crippen LogP contribution in [-0.2, 0) is 16.6 Å². The summed E-state index contributed by atoms with van der Waals surface area (Å²) in [5, 5.41) is 2.72. The van der Waals surface area contributed by atoms with Crippen LogP contribution < -0.4 is 10.9 Å². The molecule has 1 amide bonds. The molecule has 0 saturated heterocycles. The minimum absolute atomic E-state index is 0.0942. The van der Waals surface area contributed by atoms with Gasteiger partial charge in [-0.25, -0.2) is 9.78 Å². The lowest BCUT2D eigenvalue weighted by Crippen LogP contribution is -2.42. The highest BCUT2D eigenvalue weighted by molar-refractivity contribution is 7.98. The number of carbonyl (C=O) groups is 2. The summed E-state index contributed by atoms with van der Waals surface area (Å²) in [6.07, 6.45) is 3.65. The highest BCUT2D eigenvalue weighted by Crippen LogP contribution is 2.21. The number of aryl methyl sites for hydroxylation is 2. The molecule has 0 radical (unpaired) electrons. The maximum atomic E-state index is 12.6. The fraction of sp³-hybridized carbons (Fsp3) is 0.467. The van der Waals surface area contributed by atoms with Gasteiger partial charge in [0.05, 0.1) is 12.7 Å². The number of thioether (sulfide) groups is 1. The number of fused-ring (bicyclic) bond motifs is 1. The standard InChI is InChI=1S/C15H19N3O5S/c1-8-10(11-13(23-8)16-7-18(2)14(11)20)12(19)17-9(5-6-24-4)15(21)22-3/h7,9H,5-6H2,1-4H3,(H,17,19). The quantitative estimate of drug-likeness (QED) is 0.768. The summed E-state index contributed by atoms with van der Waals surface area (Å²) in [6, 6.07) is -0.792. The molecule has 0 aliphatic heterocycles. The summed E-state index contributed by atoms with van der Waals surface area (Å²) < 4.78 is 11.4. The second kappa shape index (κ2) is 7.52. The van der Waals surface area contributed by atoms with E-state index in [1.807, 2.05) is 6.26 Å². The predicted octanol–water partition coefficient (Wildman–Crippen LogP) is 0.859. The third kappa shape index (κ3) is 3.45. The second-order valence-electron chi connectivity index (χ2n) is 5.20. The van der Waals surface area contributed by atoms with Crippen LogP contribution in [0, 0.1) is 6.92 Å². The van der Waals surface area contributed by atoms with Gasteiger partial charge in [0.2, 0.25) is 5.71 Å². The van der Waals surface area contributed by atoms with E-state index in [-0.39, 0.29) is 28.0 Å². The van der Waals surface area contributed by atoms with Crippen molar-refractivity contribution >= 4 is 34.7 Å².